The number of fused-ring (bicyclic) bond motifs is 1. The van der Waals surface area contributed by atoms with Crippen LogP contribution in [0.5, 0.6) is 0 Å². The molecule has 4 heteroatoms. The van der Waals surface area contributed by atoms with Crippen molar-refractivity contribution in [2.24, 2.45) is 12.8 Å². The van der Waals surface area contributed by atoms with E-state index in [1.54, 1.807) is 4.68 Å². The van der Waals surface area contributed by atoms with Gasteiger partial charge in [0.25, 0.3) is 0 Å². The highest BCUT2D eigenvalue weighted by Crippen LogP contribution is 2.24. The van der Waals surface area contributed by atoms with Crippen molar-refractivity contribution in [1.29, 1.82) is 0 Å². The van der Waals surface area contributed by atoms with Gasteiger partial charge in [0, 0.05) is 25.1 Å². The molecule has 1 aromatic carbocycles. The van der Waals surface area contributed by atoms with Gasteiger partial charge in [-0.3, -0.25) is 4.68 Å². The fourth-order valence-electron chi connectivity index (χ4n) is 2.08. The highest BCUT2D eigenvalue weighted by Gasteiger charge is 2.13. The molecule has 0 saturated heterocycles. The summed E-state index contributed by atoms with van der Waals surface area (Å²) >= 11 is 0. The molecule has 3 aromatic rings. The van der Waals surface area contributed by atoms with Gasteiger partial charge in [-0.2, -0.15) is 5.10 Å². The Kier molecular flexibility index (Phi) is 2.64. The lowest BCUT2D eigenvalue weighted by atomic mass is 10.1. The summed E-state index contributed by atoms with van der Waals surface area (Å²) in [7, 11) is 1.90. The molecular weight excluding hydrogens is 226 g/mol. The summed E-state index contributed by atoms with van der Waals surface area (Å²) in [6, 6.07) is 11.7. The second-order valence-electron chi connectivity index (χ2n) is 4.48. The molecule has 4 nitrogen and oxygen atoms in total. The van der Waals surface area contributed by atoms with Gasteiger partial charge in [0.1, 0.15) is 11.3 Å². The van der Waals surface area contributed by atoms with E-state index in [0.29, 0.717) is 6.42 Å². The number of nitrogens with two attached hydrogens (primary N) is 1. The second-order valence-corrected chi connectivity index (χ2v) is 4.48. The molecule has 2 heterocycles. The van der Waals surface area contributed by atoms with Crippen LogP contribution in [0.1, 0.15) is 17.5 Å². The van der Waals surface area contributed by atoms with Crippen molar-refractivity contribution in [1.82, 2.24) is 9.78 Å². The fraction of sp³-hybridized carbons (Fsp3) is 0.214. The molecule has 18 heavy (non-hydrogen) atoms. The summed E-state index contributed by atoms with van der Waals surface area (Å²) in [4.78, 5) is 0. The summed E-state index contributed by atoms with van der Waals surface area (Å²) in [5.41, 5.74) is 8.01. The Morgan fingerprint density at radius 1 is 1.33 bits per heavy atom. The summed E-state index contributed by atoms with van der Waals surface area (Å²) in [5, 5.41) is 5.41. The molecule has 0 aliphatic heterocycles. The van der Waals surface area contributed by atoms with Gasteiger partial charge >= 0.3 is 0 Å². The highest BCUT2D eigenvalue weighted by molar-refractivity contribution is 5.77. The first-order chi connectivity index (χ1) is 8.72. The van der Waals surface area contributed by atoms with E-state index in [0.717, 1.165) is 22.4 Å². The third-order valence-electron chi connectivity index (χ3n) is 3.01. The van der Waals surface area contributed by atoms with Crippen LogP contribution in [-0.2, 0) is 13.5 Å². The predicted molar refractivity (Wildman–Crippen MR) is 70.1 cm³/mol. The Labute approximate surface area is 105 Å². The summed E-state index contributed by atoms with van der Waals surface area (Å²) in [5.74, 6) is 0.807. The number of nitrogens with zero attached hydrogens (tertiary/aromatic N) is 2. The zero-order valence-corrected chi connectivity index (χ0v) is 10.2. The first kappa shape index (κ1) is 11.0. The van der Waals surface area contributed by atoms with Gasteiger partial charge in [0.05, 0.1) is 11.7 Å². The minimum absolute atomic E-state index is 0.160. The molecule has 0 aliphatic carbocycles. The van der Waals surface area contributed by atoms with E-state index in [1.807, 2.05) is 49.6 Å². The minimum Gasteiger partial charge on any atom is -0.459 e. The van der Waals surface area contributed by atoms with Gasteiger partial charge in [-0.15, -0.1) is 0 Å². The Morgan fingerprint density at radius 3 is 2.89 bits per heavy atom. The van der Waals surface area contributed by atoms with Crippen LogP contribution in [-0.4, -0.2) is 9.78 Å². The van der Waals surface area contributed by atoms with Crippen molar-refractivity contribution in [2.75, 3.05) is 0 Å². The smallest absolute Gasteiger partial charge is 0.134 e. The normalized spacial score (nSPS) is 13.0. The minimum atomic E-state index is -0.160. The number of aromatic nitrogens is 2. The largest absolute Gasteiger partial charge is 0.459 e. The number of aryl methyl sites for hydroxylation is 1. The zero-order valence-electron chi connectivity index (χ0n) is 10.2. The summed E-state index contributed by atoms with van der Waals surface area (Å²) < 4.78 is 7.53. The molecule has 0 aliphatic rings. The molecule has 0 fully saturated rings. The van der Waals surface area contributed by atoms with E-state index < -0.39 is 0 Å². The average Bonchev–Trinajstić information content (AvgIpc) is 2.95. The van der Waals surface area contributed by atoms with Crippen molar-refractivity contribution in [2.45, 2.75) is 12.5 Å². The maximum atomic E-state index is 6.16. The predicted octanol–water partition coefficient (Wildman–Crippen LogP) is 2.41. The van der Waals surface area contributed by atoms with Crippen LogP contribution in [0.2, 0.25) is 0 Å². The molecule has 0 saturated carbocycles. The molecule has 3 rings (SSSR count). The zero-order chi connectivity index (χ0) is 12.5. The van der Waals surface area contributed by atoms with Crippen LogP contribution in [0.4, 0.5) is 0 Å². The van der Waals surface area contributed by atoms with Crippen LogP contribution in [0.25, 0.3) is 11.0 Å². The number of para-hydroxylation sites is 1. The Morgan fingerprint density at radius 2 is 2.17 bits per heavy atom. The number of hydrogen-bond donors (Lipinski definition) is 1. The van der Waals surface area contributed by atoms with Crippen LogP contribution >= 0.6 is 0 Å². The van der Waals surface area contributed by atoms with Crippen LogP contribution < -0.4 is 5.73 Å². The van der Waals surface area contributed by atoms with Crippen LogP contribution in [0.15, 0.2) is 47.0 Å². The van der Waals surface area contributed by atoms with E-state index in [9.17, 15) is 0 Å². The Hall–Kier alpha value is -2.07. The molecule has 2 N–H and O–H groups in total. The number of furan rings is 1. The van der Waals surface area contributed by atoms with Gasteiger partial charge in [-0.25, -0.2) is 0 Å². The lowest BCUT2D eigenvalue weighted by Gasteiger charge is -2.05. The van der Waals surface area contributed by atoms with Crippen molar-refractivity contribution in [3.05, 3.63) is 54.0 Å². The lowest BCUT2D eigenvalue weighted by molar-refractivity contribution is 0.490. The van der Waals surface area contributed by atoms with E-state index in [1.165, 1.54) is 0 Å². The van der Waals surface area contributed by atoms with E-state index in [2.05, 4.69) is 5.10 Å². The molecular formula is C14H15N3O. The molecule has 0 bridgehead atoms. The van der Waals surface area contributed by atoms with Crippen molar-refractivity contribution < 1.29 is 4.42 Å². The van der Waals surface area contributed by atoms with Gasteiger partial charge in [-0.1, -0.05) is 18.2 Å². The SMILES string of the molecule is Cn1ccc(CC(N)c2cc3ccccc3o2)n1. The van der Waals surface area contributed by atoms with Gasteiger partial charge in [0.15, 0.2) is 0 Å². The van der Waals surface area contributed by atoms with E-state index in [-0.39, 0.29) is 6.04 Å². The highest BCUT2D eigenvalue weighted by atomic mass is 16.3. The average molecular weight is 241 g/mol. The van der Waals surface area contributed by atoms with Gasteiger partial charge in [0.2, 0.25) is 0 Å². The molecule has 1 atom stereocenters. The number of benzene rings is 1. The standard InChI is InChI=1S/C14H15N3O/c1-17-7-6-11(16-17)9-12(15)14-8-10-4-2-3-5-13(10)18-14/h2-8,12H,9,15H2,1H3. The van der Waals surface area contributed by atoms with Crippen LogP contribution in [0, 0.1) is 0 Å². The molecule has 0 radical (unpaired) electrons. The quantitative estimate of drug-likeness (QED) is 0.766. The second kappa shape index (κ2) is 4.31. The van der Waals surface area contributed by atoms with Gasteiger partial charge < -0.3 is 10.2 Å². The Bertz CT molecular complexity index is 635. The van der Waals surface area contributed by atoms with E-state index in [4.69, 9.17) is 10.2 Å². The first-order valence-corrected chi connectivity index (χ1v) is 5.95. The molecule has 92 valence electrons. The third-order valence-corrected chi connectivity index (χ3v) is 3.01. The fourth-order valence-corrected chi connectivity index (χ4v) is 2.08. The maximum Gasteiger partial charge on any atom is 0.134 e. The monoisotopic (exact) mass is 241 g/mol. The first-order valence-electron chi connectivity index (χ1n) is 5.95. The maximum absolute atomic E-state index is 6.16. The molecule has 1 unspecified atom stereocenters. The van der Waals surface area contributed by atoms with Crippen molar-refractivity contribution in [3.8, 4) is 0 Å². The Balaban J connectivity index is 1.85. The number of hydrogen-bond acceptors (Lipinski definition) is 3. The third kappa shape index (κ3) is 2.02. The number of rotatable bonds is 3. The van der Waals surface area contributed by atoms with Crippen molar-refractivity contribution >= 4 is 11.0 Å². The van der Waals surface area contributed by atoms with E-state index >= 15 is 0 Å². The molecule has 2 aromatic heterocycles. The molecule has 0 spiro atoms. The summed E-state index contributed by atoms with van der Waals surface area (Å²) in [6.07, 6.45) is 2.60. The summed E-state index contributed by atoms with van der Waals surface area (Å²) in [6.45, 7) is 0. The van der Waals surface area contributed by atoms with Crippen LogP contribution in [0.3, 0.4) is 0 Å². The topological polar surface area (TPSA) is 57.0 Å². The van der Waals surface area contributed by atoms with Gasteiger partial charge in [-0.05, 0) is 18.2 Å². The molecule has 0 amide bonds. The lowest BCUT2D eigenvalue weighted by Crippen LogP contribution is -2.12. The van der Waals surface area contributed by atoms with Crippen molar-refractivity contribution in [3.63, 3.8) is 0 Å².